The molecule has 3 heterocycles. The molecule has 23 heavy (non-hydrogen) atoms. The standard InChI is InChI=1S/C18H20N2O3/c1-18(2)22-12-14(23-18)15-16(19-10-6-7-11-19)17(21)20(15)13-8-4-3-5-9-13/h3-11,14-16H,12H2,1-2H3/t14-,15+,16-/m1/s1. The first kappa shape index (κ1) is 14.5. The lowest BCUT2D eigenvalue weighted by Crippen LogP contribution is -2.66. The van der Waals surface area contributed by atoms with E-state index in [-0.39, 0.29) is 24.1 Å². The molecule has 0 saturated carbocycles. The zero-order valence-electron chi connectivity index (χ0n) is 13.3. The molecule has 4 rings (SSSR count). The molecular formula is C18H20N2O3. The fourth-order valence-corrected chi connectivity index (χ4v) is 3.47. The van der Waals surface area contributed by atoms with Crippen molar-refractivity contribution >= 4 is 11.6 Å². The molecule has 2 saturated heterocycles. The average molecular weight is 312 g/mol. The fraction of sp³-hybridized carbons (Fsp3) is 0.389. The first-order valence-corrected chi connectivity index (χ1v) is 7.89. The van der Waals surface area contributed by atoms with Crippen LogP contribution in [0.15, 0.2) is 54.9 Å². The van der Waals surface area contributed by atoms with E-state index in [2.05, 4.69) is 0 Å². The van der Waals surface area contributed by atoms with E-state index in [9.17, 15) is 4.79 Å². The maximum atomic E-state index is 12.8. The van der Waals surface area contributed by atoms with Crippen molar-refractivity contribution in [1.29, 1.82) is 0 Å². The Hall–Kier alpha value is -2.11. The maximum Gasteiger partial charge on any atom is 0.252 e. The Kier molecular flexibility index (Phi) is 3.28. The SMILES string of the molecule is CC1(C)OC[C@H]([C@H]2[C@@H](n3cccc3)C(=O)N2c2ccccc2)O1. The van der Waals surface area contributed by atoms with E-state index in [0.29, 0.717) is 6.61 Å². The molecule has 0 bridgehead atoms. The van der Waals surface area contributed by atoms with Crippen LogP contribution in [0.1, 0.15) is 19.9 Å². The van der Waals surface area contributed by atoms with Gasteiger partial charge < -0.3 is 18.9 Å². The number of nitrogens with zero attached hydrogens (tertiary/aromatic N) is 2. The quantitative estimate of drug-likeness (QED) is 0.818. The molecule has 2 fully saturated rings. The van der Waals surface area contributed by atoms with Gasteiger partial charge in [-0.25, -0.2) is 0 Å². The Balaban J connectivity index is 1.68. The van der Waals surface area contributed by atoms with Crippen LogP contribution in [0.25, 0.3) is 0 Å². The first-order valence-electron chi connectivity index (χ1n) is 7.89. The van der Waals surface area contributed by atoms with Crippen LogP contribution < -0.4 is 4.90 Å². The molecule has 5 heteroatoms. The molecule has 1 aromatic carbocycles. The fourth-order valence-electron chi connectivity index (χ4n) is 3.47. The second-order valence-corrected chi connectivity index (χ2v) is 6.48. The third-order valence-corrected chi connectivity index (χ3v) is 4.51. The minimum atomic E-state index is -0.604. The van der Waals surface area contributed by atoms with Crippen molar-refractivity contribution in [3.8, 4) is 0 Å². The number of para-hydroxylation sites is 1. The van der Waals surface area contributed by atoms with Crippen molar-refractivity contribution in [3.63, 3.8) is 0 Å². The van der Waals surface area contributed by atoms with E-state index in [1.807, 2.05) is 78.2 Å². The number of aromatic nitrogens is 1. The normalized spacial score (nSPS) is 29.6. The topological polar surface area (TPSA) is 43.7 Å². The predicted molar refractivity (Wildman–Crippen MR) is 86.1 cm³/mol. The maximum absolute atomic E-state index is 12.8. The molecule has 2 aliphatic heterocycles. The van der Waals surface area contributed by atoms with Crippen molar-refractivity contribution in [2.45, 2.75) is 37.8 Å². The smallest absolute Gasteiger partial charge is 0.252 e. The number of carbonyl (C=O) groups is 1. The summed E-state index contributed by atoms with van der Waals surface area (Å²) in [6.07, 6.45) is 3.72. The third kappa shape index (κ3) is 2.36. The van der Waals surface area contributed by atoms with Crippen LogP contribution >= 0.6 is 0 Å². The van der Waals surface area contributed by atoms with E-state index in [4.69, 9.17) is 9.47 Å². The van der Waals surface area contributed by atoms with Crippen LogP contribution in [0, 0.1) is 0 Å². The van der Waals surface area contributed by atoms with Gasteiger partial charge in [0.2, 0.25) is 0 Å². The molecule has 2 aromatic rings. The van der Waals surface area contributed by atoms with Gasteiger partial charge in [-0.1, -0.05) is 18.2 Å². The van der Waals surface area contributed by atoms with E-state index in [0.717, 1.165) is 5.69 Å². The number of hydrogen-bond donors (Lipinski definition) is 0. The Morgan fingerprint density at radius 3 is 2.39 bits per heavy atom. The molecule has 1 aromatic heterocycles. The van der Waals surface area contributed by atoms with Gasteiger partial charge in [0.1, 0.15) is 12.1 Å². The summed E-state index contributed by atoms with van der Waals surface area (Å²) in [4.78, 5) is 14.6. The van der Waals surface area contributed by atoms with Crippen LogP contribution in [-0.4, -0.2) is 35.0 Å². The molecule has 0 unspecified atom stereocenters. The number of carbonyl (C=O) groups excluding carboxylic acids is 1. The first-order chi connectivity index (χ1) is 11.1. The number of ether oxygens (including phenoxy) is 2. The molecule has 120 valence electrons. The number of rotatable bonds is 3. The molecule has 2 aliphatic rings. The Morgan fingerprint density at radius 1 is 1.09 bits per heavy atom. The molecule has 3 atom stereocenters. The lowest BCUT2D eigenvalue weighted by Gasteiger charge is -2.49. The van der Waals surface area contributed by atoms with Crippen LogP contribution in [0.5, 0.6) is 0 Å². The summed E-state index contributed by atoms with van der Waals surface area (Å²) in [7, 11) is 0. The van der Waals surface area contributed by atoms with Crippen molar-refractivity contribution in [2.75, 3.05) is 11.5 Å². The highest BCUT2D eigenvalue weighted by Crippen LogP contribution is 2.41. The Morgan fingerprint density at radius 2 is 1.78 bits per heavy atom. The molecule has 0 N–H and O–H groups in total. The van der Waals surface area contributed by atoms with Gasteiger partial charge in [-0.3, -0.25) is 4.79 Å². The van der Waals surface area contributed by atoms with Gasteiger partial charge >= 0.3 is 0 Å². The predicted octanol–water partition coefficient (Wildman–Crippen LogP) is 2.60. The van der Waals surface area contributed by atoms with E-state index in [1.54, 1.807) is 0 Å². The lowest BCUT2D eigenvalue weighted by atomic mass is 9.89. The van der Waals surface area contributed by atoms with E-state index < -0.39 is 5.79 Å². The summed E-state index contributed by atoms with van der Waals surface area (Å²) in [6.45, 7) is 4.31. The van der Waals surface area contributed by atoms with Crippen molar-refractivity contribution in [3.05, 3.63) is 54.9 Å². The minimum Gasteiger partial charge on any atom is -0.348 e. The van der Waals surface area contributed by atoms with Gasteiger partial charge in [0.05, 0.1) is 12.6 Å². The van der Waals surface area contributed by atoms with Gasteiger partial charge in [0.15, 0.2) is 5.79 Å². The van der Waals surface area contributed by atoms with Crippen molar-refractivity contribution in [2.24, 2.45) is 0 Å². The minimum absolute atomic E-state index is 0.0703. The molecule has 0 aliphatic carbocycles. The summed E-state index contributed by atoms with van der Waals surface area (Å²) in [5, 5.41) is 0. The molecule has 5 nitrogen and oxygen atoms in total. The second kappa shape index (κ2) is 5.22. The Bertz CT molecular complexity index is 696. The average Bonchev–Trinajstić information content (AvgIpc) is 3.15. The molecule has 0 radical (unpaired) electrons. The van der Waals surface area contributed by atoms with Gasteiger partial charge in [0.25, 0.3) is 5.91 Å². The van der Waals surface area contributed by atoms with Crippen LogP contribution in [-0.2, 0) is 14.3 Å². The van der Waals surface area contributed by atoms with Gasteiger partial charge in [-0.2, -0.15) is 0 Å². The summed E-state index contributed by atoms with van der Waals surface area (Å²) in [5.41, 5.74) is 0.902. The number of anilines is 1. The van der Waals surface area contributed by atoms with E-state index >= 15 is 0 Å². The largest absolute Gasteiger partial charge is 0.348 e. The third-order valence-electron chi connectivity index (χ3n) is 4.51. The van der Waals surface area contributed by atoms with Crippen molar-refractivity contribution in [1.82, 2.24) is 4.57 Å². The number of benzene rings is 1. The molecule has 0 spiro atoms. The van der Waals surface area contributed by atoms with Crippen LogP contribution in [0.2, 0.25) is 0 Å². The number of hydrogen-bond acceptors (Lipinski definition) is 3. The Labute approximate surface area is 135 Å². The molecular weight excluding hydrogens is 292 g/mol. The summed E-state index contributed by atoms with van der Waals surface area (Å²) >= 11 is 0. The monoisotopic (exact) mass is 312 g/mol. The zero-order valence-corrected chi connectivity index (χ0v) is 13.3. The van der Waals surface area contributed by atoms with Gasteiger partial charge in [-0.05, 0) is 38.1 Å². The summed E-state index contributed by atoms with van der Waals surface area (Å²) in [6, 6.07) is 13.3. The number of amides is 1. The highest BCUT2D eigenvalue weighted by molar-refractivity contribution is 6.04. The summed E-state index contributed by atoms with van der Waals surface area (Å²) < 4.78 is 13.7. The highest BCUT2D eigenvalue weighted by Gasteiger charge is 2.55. The van der Waals surface area contributed by atoms with E-state index in [1.165, 1.54) is 0 Å². The summed E-state index contributed by atoms with van der Waals surface area (Å²) in [5.74, 6) is -0.516. The van der Waals surface area contributed by atoms with Crippen LogP contribution in [0.4, 0.5) is 5.69 Å². The number of β-lactam (4-membered cyclic amide) rings is 1. The zero-order chi connectivity index (χ0) is 16.0. The second-order valence-electron chi connectivity index (χ2n) is 6.48. The van der Waals surface area contributed by atoms with Crippen LogP contribution in [0.3, 0.4) is 0 Å². The van der Waals surface area contributed by atoms with Gasteiger partial charge in [-0.15, -0.1) is 0 Å². The van der Waals surface area contributed by atoms with Crippen molar-refractivity contribution < 1.29 is 14.3 Å². The molecule has 1 amide bonds. The van der Waals surface area contributed by atoms with Gasteiger partial charge in [0, 0.05) is 18.1 Å². The lowest BCUT2D eigenvalue weighted by molar-refractivity contribution is -0.151. The highest BCUT2D eigenvalue weighted by atomic mass is 16.7.